The smallest absolute Gasteiger partial charge is 0.116 e. The Labute approximate surface area is 79.3 Å². The van der Waals surface area contributed by atoms with E-state index in [1.165, 1.54) is 0 Å². The summed E-state index contributed by atoms with van der Waals surface area (Å²) < 4.78 is 0. The largest absolute Gasteiger partial charge is 0.392 e. The summed E-state index contributed by atoms with van der Waals surface area (Å²) in [6.45, 7) is 5.52. The molecule has 3 nitrogen and oxygen atoms in total. The average Bonchev–Trinajstić information content (AvgIpc) is 2.05. The van der Waals surface area contributed by atoms with Crippen molar-refractivity contribution in [2.24, 2.45) is 0 Å². The molecule has 0 aromatic rings. The zero-order valence-corrected chi connectivity index (χ0v) is 8.45. The SMILES string of the molecule is CC(=CCO)CC=CC(C)(C)OO. The Bertz CT molecular complexity index is 192. The summed E-state index contributed by atoms with van der Waals surface area (Å²) in [4.78, 5) is 4.22. The normalized spacial score (nSPS) is 14.1. The molecule has 13 heavy (non-hydrogen) atoms. The Morgan fingerprint density at radius 2 is 2.08 bits per heavy atom. The molecule has 0 unspecified atom stereocenters. The van der Waals surface area contributed by atoms with Gasteiger partial charge < -0.3 is 5.11 Å². The van der Waals surface area contributed by atoms with Gasteiger partial charge in [-0.15, -0.1) is 0 Å². The van der Waals surface area contributed by atoms with Gasteiger partial charge in [-0.25, -0.2) is 4.89 Å². The van der Waals surface area contributed by atoms with Crippen molar-refractivity contribution < 1.29 is 15.3 Å². The highest BCUT2D eigenvalue weighted by atomic mass is 17.1. The molecule has 0 radical (unpaired) electrons. The second kappa shape index (κ2) is 5.91. The number of rotatable bonds is 5. The van der Waals surface area contributed by atoms with Gasteiger partial charge >= 0.3 is 0 Å². The van der Waals surface area contributed by atoms with E-state index in [2.05, 4.69) is 4.89 Å². The molecule has 0 atom stereocenters. The summed E-state index contributed by atoms with van der Waals surface area (Å²) in [6.07, 6.45) is 6.18. The van der Waals surface area contributed by atoms with Gasteiger partial charge in [0.1, 0.15) is 5.60 Å². The monoisotopic (exact) mass is 186 g/mol. The van der Waals surface area contributed by atoms with Crippen molar-refractivity contribution in [1.29, 1.82) is 0 Å². The summed E-state index contributed by atoms with van der Waals surface area (Å²) in [5.41, 5.74) is 0.451. The third-order valence-electron chi connectivity index (χ3n) is 1.63. The molecule has 0 aromatic heterocycles. The first-order valence-electron chi connectivity index (χ1n) is 4.28. The van der Waals surface area contributed by atoms with E-state index >= 15 is 0 Å². The molecule has 0 saturated heterocycles. The highest BCUT2D eigenvalue weighted by Gasteiger charge is 2.12. The van der Waals surface area contributed by atoms with Crippen molar-refractivity contribution in [1.82, 2.24) is 0 Å². The van der Waals surface area contributed by atoms with Crippen molar-refractivity contribution in [3.63, 3.8) is 0 Å². The third-order valence-corrected chi connectivity index (χ3v) is 1.63. The fourth-order valence-electron chi connectivity index (χ4n) is 0.798. The first-order chi connectivity index (χ1) is 6.02. The third kappa shape index (κ3) is 6.51. The molecule has 0 saturated carbocycles. The fraction of sp³-hybridized carbons (Fsp3) is 0.600. The van der Waals surface area contributed by atoms with Gasteiger partial charge in [0.15, 0.2) is 0 Å². The van der Waals surface area contributed by atoms with Crippen molar-refractivity contribution >= 4 is 0 Å². The maximum Gasteiger partial charge on any atom is 0.116 e. The van der Waals surface area contributed by atoms with Crippen LogP contribution >= 0.6 is 0 Å². The molecule has 0 heterocycles. The number of aliphatic hydroxyl groups is 1. The minimum atomic E-state index is -0.639. The zero-order chi connectivity index (χ0) is 10.3. The standard InChI is InChI=1S/C10H18O3/c1-9(6-8-11)5-4-7-10(2,3)13-12/h4,6-7,11-12H,5,8H2,1-3H3. The molecular weight excluding hydrogens is 168 g/mol. The van der Waals surface area contributed by atoms with Crippen LogP contribution in [0.2, 0.25) is 0 Å². The Morgan fingerprint density at radius 3 is 2.54 bits per heavy atom. The van der Waals surface area contributed by atoms with Gasteiger partial charge in [-0.3, -0.25) is 5.26 Å². The molecule has 0 rings (SSSR count). The highest BCUT2D eigenvalue weighted by Crippen LogP contribution is 2.10. The van der Waals surface area contributed by atoms with Crippen LogP contribution < -0.4 is 0 Å². The van der Waals surface area contributed by atoms with E-state index in [9.17, 15) is 0 Å². The topological polar surface area (TPSA) is 49.7 Å². The van der Waals surface area contributed by atoms with Gasteiger partial charge in [-0.05, 0) is 27.2 Å². The molecule has 3 heteroatoms. The quantitative estimate of drug-likeness (QED) is 0.393. The van der Waals surface area contributed by atoms with Crippen molar-refractivity contribution in [2.75, 3.05) is 6.61 Å². The Balaban J connectivity index is 3.94. The van der Waals surface area contributed by atoms with E-state index in [0.717, 1.165) is 12.0 Å². The minimum Gasteiger partial charge on any atom is -0.392 e. The highest BCUT2D eigenvalue weighted by molar-refractivity contribution is 5.07. The molecule has 0 aliphatic heterocycles. The van der Waals surface area contributed by atoms with Crippen LogP contribution in [0.4, 0.5) is 0 Å². The molecule has 0 amide bonds. The van der Waals surface area contributed by atoms with E-state index in [-0.39, 0.29) is 6.61 Å². The number of hydrogen-bond donors (Lipinski definition) is 2. The summed E-state index contributed by atoms with van der Waals surface area (Å²) in [5, 5.41) is 17.0. The summed E-state index contributed by atoms with van der Waals surface area (Å²) in [6, 6.07) is 0. The molecular formula is C10H18O3. The molecule has 0 bridgehead atoms. The molecule has 0 aliphatic carbocycles. The van der Waals surface area contributed by atoms with Crippen LogP contribution in [0.5, 0.6) is 0 Å². The van der Waals surface area contributed by atoms with Crippen molar-refractivity contribution in [3.8, 4) is 0 Å². The lowest BCUT2D eigenvalue weighted by molar-refractivity contribution is -0.297. The lowest BCUT2D eigenvalue weighted by atomic mass is 10.1. The van der Waals surface area contributed by atoms with E-state index in [4.69, 9.17) is 10.4 Å². The van der Waals surface area contributed by atoms with Gasteiger partial charge in [0.05, 0.1) is 6.61 Å². The van der Waals surface area contributed by atoms with Crippen molar-refractivity contribution in [3.05, 3.63) is 23.8 Å². The van der Waals surface area contributed by atoms with Crippen molar-refractivity contribution in [2.45, 2.75) is 32.8 Å². The van der Waals surface area contributed by atoms with Gasteiger partial charge in [0, 0.05) is 0 Å². The molecule has 0 aliphatic rings. The number of hydrogen-bond acceptors (Lipinski definition) is 3. The van der Waals surface area contributed by atoms with Gasteiger partial charge in [0.25, 0.3) is 0 Å². The second-order valence-corrected chi connectivity index (χ2v) is 3.53. The summed E-state index contributed by atoms with van der Waals surface area (Å²) >= 11 is 0. The predicted molar refractivity (Wildman–Crippen MR) is 52.4 cm³/mol. The molecule has 0 spiro atoms. The van der Waals surface area contributed by atoms with Crippen LogP contribution in [0.3, 0.4) is 0 Å². The molecule has 0 fully saturated rings. The predicted octanol–water partition coefficient (Wildman–Crippen LogP) is 2.14. The number of allylic oxidation sites excluding steroid dienone is 2. The van der Waals surface area contributed by atoms with E-state index in [1.54, 1.807) is 26.0 Å². The van der Waals surface area contributed by atoms with E-state index in [0.29, 0.717) is 0 Å². The fourth-order valence-corrected chi connectivity index (χ4v) is 0.798. The van der Waals surface area contributed by atoms with E-state index < -0.39 is 5.60 Å². The number of aliphatic hydroxyl groups excluding tert-OH is 1. The summed E-state index contributed by atoms with van der Waals surface area (Å²) in [5.74, 6) is 0. The van der Waals surface area contributed by atoms with Crippen LogP contribution in [0.25, 0.3) is 0 Å². The Morgan fingerprint density at radius 1 is 1.46 bits per heavy atom. The minimum absolute atomic E-state index is 0.0690. The first kappa shape index (κ1) is 12.4. The lowest BCUT2D eigenvalue weighted by Crippen LogP contribution is -2.18. The van der Waals surface area contributed by atoms with Crippen LogP contribution in [0, 0.1) is 0 Å². The maximum atomic E-state index is 8.58. The van der Waals surface area contributed by atoms with Crippen LogP contribution in [-0.2, 0) is 4.89 Å². The molecule has 0 aromatic carbocycles. The van der Waals surface area contributed by atoms with Crippen LogP contribution in [0.1, 0.15) is 27.2 Å². The molecule has 76 valence electrons. The van der Waals surface area contributed by atoms with Crippen LogP contribution in [-0.4, -0.2) is 22.6 Å². The summed E-state index contributed by atoms with van der Waals surface area (Å²) in [7, 11) is 0. The first-order valence-corrected chi connectivity index (χ1v) is 4.28. The van der Waals surface area contributed by atoms with Gasteiger partial charge in [-0.2, -0.15) is 0 Å². The van der Waals surface area contributed by atoms with Gasteiger partial charge in [0.2, 0.25) is 0 Å². The average molecular weight is 186 g/mol. The zero-order valence-electron chi connectivity index (χ0n) is 8.45. The second-order valence-electron chi connectivity index (χ2n) is 3.53. The van der Waals surface area contributed by atoms with Crippen LogP contribution in [0.15, 0.2) is 23.8 Å². The lowest BCUT2D eigenvalue weighted by Gasteiger charge is -2.14. The maximum absolute atomic E-state index is 8.58. The van der Waals surface area contributed by atoms with E-state index in [1.807, 2.05) is 13.0 Å². The molecule has 2 N–H and O–H groups in total. The Hall–Kier alpha value is -0.640. The Kier molecular flexibility index (Phi) is 5.62. The van der Waals surface area contributed by atoms with Gasteiger partial charge in [-0.1, -0.05) is 23.8 Å².